The summed E-state index contributed by atoms with van der Waals surface area (Å²) in [6.07, 6.45) is 3.88. The zero-order valence-corrected chi connectivity index (χ0v) is 13.4. The van der Waals surface area contributed by atoms with Gasteiger partial charge in [-0.05, 0) is 39.3 Å². The maximum atomic E-state index is 4.27. The minimum absolute atomic E-state index is 0.289. The van der Waals surface area contributed by atoms with Crippen LogP contribution in [0.1, 0.15) is 40.2 Å². The van der Waals surface area contributed by atoms with E-state index in [0.29, 0.717) is 0 Å². The van der Waals surface area contributed by atoms with Crippen molar-refractivity contribution in [2.24, 2.45) is 0 Å². The van der Waals surface area contributed by atoms with Gasteiger partial charge in [0, 0.05) is 37.9 Å². The van der Waals surface area contributed by atoms with E-state index in [1.165, 1.54) is 11.3 Å². The van der Waals surface area contributed by atoms with Crippen molar-refractivity contribution in [3.63, 3.8) is 0 Å². The van der Waals surface area contributed by atoms with Crippen molar-refractivity contribution in [2.45, 2.75) is 47.1 Å². The fraction of sp³-hybridized carbons (Fsp3) is 0.688. The fourth-order valence-corrected chi connectivity index (χ4v) is 2.35. The van der Waals surface area contributed by atoms with Gasteiger partial charge in [0.1, 0.15) is 0 Å². The van der Waals surface area contributed by atoms with Crippen LogP contribution in [0.4, 0.5) is 5.69 Å². The molecule has 0 atom stereocenters. The molecule has 0 radical (unpaired) electrons. The summed E-state index contributed by atoms with van der Waals surface area (Å²) in [6, 6.07) is 2.22. The Morgan fingerprint density at radius 2 is 1.58 bits per heavy atom. The van der Waals surface area contributed by atoms with Gasteiger partial charge in [0.15, 0.2) is 0 Å². The Morgan fingerprint density at radius 1 is 1.00 bits per heavy atom. The lowest BCUT2D eigenvalue weighted by molar-refractivity contribution is 0.128. The number of aryl methyl sites for hydroxylation is 1. The molecule has 0 aromatic carbocycles. The second-order valence-electron chi connectivity index (χ2n) is 5.87. The molecule has 1 saturated heterocycles. The number of nitrogens with zero attached hydrogens (tertiary/aromatic N) is 3. The van der Waals surface area contributed by atoms with E-state index in [1.807, 2.05) is 26.2 Å². The zero-order chi connectivity index (χ0) is 14.5. The normalized spacial score (nSPS) is 16.8. The topological polar surface area (TPSA) is 19.4 Å². The molecule has 1 fully saturated rings. The molecule has 0 bridgehead atoms. The van der Waals surface area contributed by atoms with Crippen LogP contribution in [0.5, 0.6) is 0 Å². The first kappa shape index (κ1) is 16.0. The first-order valence-corrected chi connectivity index (χ1v) is 7.38. The first-order chi connectivity index (χ1) is 8.97. The highest BCUT2D eigenvalue weighted by Crippen LogP contribution is 2.20. The Kier molecular flexibility index (Phi) is 5.80. The summed E-state index contributed by atoms with van der Waals surface area (Å²) in [5, 5.41) is 0. The highest BCUT2D eigenvalue weighted by Gasteiger charge is 2.25. The van der Waals surface area contributed by atoms with E-state index >= 15 is 0 Å². The molecule has 108 valence electrons. The molecule has 0 N–H and O–H groups in total. The summed E-state index contributed by atoms with van der Waals surface area (Å²) in [5.74, 6) is 0. The van der Waals surface area contributed by atoms with Crippen molar-refractivity contribution < 1.29 is 0 Å². The Morgan fingerprint density at radius 3 is 2.05 bits per heavy atom. The Balaban J connectivity index is 0.000000861. The summed E-state index contributed by atoms with van der Waals surface area (Å²) in [6.45, 7) is 17.4. The summed E-state index contributed by atoms with van der Waals surface area (Å²) in [4.78, 5) is 9.25. The maximum Gasteiger partial charge on any atom is 0.0556 e. The van der Waals surface area contributed by atoms with Gasteiger partial charge in [0.05, 0.1) is 11.9 Å². The van der Waals surface area contributed by atoms with Crippen molar-refractivity contribution in [2.75, 3.05) is 31.1 Å². The molecule has 0 aliphatic carbocycles. The van der Waals surface area contributed by atoms with Crippen LogP contribution in [0.15, 0.2) is 18.5 Å². The number of aromatic nitrogens is 1. The van der Waals surface area contributed by atoms with Crippen LogP contribution in [-0.4, -0.2) is 41.6 Å². The van der Waals surface area contributed by atoms with E-state index in [-0.39, 0.29) is 5.54 Å². The molecule has 1 aliphatic rings. The van der Waals surface area contributed by atoms with Crippen molar-refractivity contribution in [3.05, 3.63) is 24.0 Å². The van der Waals surface area contributed by atoms with Crippen LogP contribution < -0.4 is 4.90 Å². The molecule has 1 aromatic rings. The van der Waals surface area contributed by atoms with Gasteiger partial charge in [-0.25, -0.2) is 0 Å². The third-order valence-corrected chi connectivity index (χ3v) is 3.45. The highest BCUT2D eigenvalue weighted by molar-refractivity contribution is 5.46. The van der Waals surface area contributed by atoms with Crippen LogP contribution in [0.3, 0.4) is 0 Å². The average Bonchev–Trinajstić information content (AvgIpc) is 2.40. The lowest BCUT2D eigenvalue weighted by atomic mass is 10.0. The van der Waals surface area contributed by atoms with E-state index in [4.69, 9.17) is 0 Å². The van der Waals surface area contributed by atoms with Crippen LogP contribution in [0, 0.1) is 6.92 Å². The molecular formula is C16H29N3. The molecule has 0 unspecified atom stereocenters. The van der Waals surface area contributed by atoms with Crippen molar-refractivity contribution in [1.29, 1.82) is 0 Å². The molecule has 19 heavy (non-hydrogen) atoms. The lowest BCUT2D eigenvalue weighted by Gasteiger charge is -2.43. The Labute approximate surface area is 118 Å². The number of anilines is 1. The SMILES string of the molecule is CC.Cc1cncc(N2CCN(C(C)(C)C)CC2)c1. The lowest BCUT2D eigenvalue weighted by Crippen LogP contribution is -2.53. The predicted octanol–water partition coefficient (Wildman–Crippen LogP) is 3.34. The molecule has 0 saturated carbocycles. The summed E-state index contributed by atoms with van der Waals surface area (Å²) in [7, 11) is 0. The number of hydrogen-bond donors (Lipinski definition) is 0. The molecule has 0 spiro atoms. The third kappa shape index (κ3) is 4.50. The maximum absolute atomic E-state index is 4.27. The van der Waals surface area contributed by atoms with Gasteiger partial charge >= 0.3 is 0 Å². The summed E-state index contributed by atoms with van der Waals surface area (Å²) < 4.78 is 0. The van der Waals surface area contributed by atoms with E-state index in [9.17, 15) is 0 Å². The van der Waals surface area contributed by atoms with Crippen molar-refractivity contribution >= 4 is 5.69 Å². The Bertz CT molecular complexity index is 374. The van der Waals surface area contributed by atoms with Crippen LogP contribution in [-0.2, 0) is 0 Å². The molecule has 3 nitrogen and oxygen atoms in total. The highest BCUT2D eigenvalue weighted by atomic mass is 15.3. The van der Waals surface area contributed by atoms with Crippen molar-refractivity contribution in [1.82, 2.24) is 9.88 Å². The van der Waals surface area contributed by atoms with E-state index in [1.54, 1.807) is 0 Å². The molecule has 2 rings (SSSR count). The van der Waals surface area contributed by atoms with Crippen LogP contribution in [0.25, 0.3) is 0 Å². The summed E-state index contributed by atoms with van der Waals surface area (Å²) >= 11 is 0. The van der Waals surface area contributed by atoms with Gasteiger partial charge in [-0.15, -0.1) is 0 Å². The zero-order valence-electron chi connectivity index (χ0n) is 13.4. The van der Waals surface area contributed by atoms with Crippen LogP contribution in [0.2, 0.25) is 0 Å². The fourth-order valence-electron chi connectivity index (χ4n) is 2.35. The third-order valence-electron chi connectivity index (χ3n) is 3.45. The minimum atomic E-state index is 0.289. The number of hydrogen-bond acceptors (Lipinski definition) is 3. The van der Waals surface area contributed by atoms with Crippen molar-refractivity contribution in [3.8, 4) is 0 Å². The average molecular weight is 263 g/mol. The van der Waals surface area contributed by atoms with E-state index in [0.717, 1.165) is 26.2 Å². The Hall–Kier alpha value is -1.09. The quantitative estimate of drug-likeness (QED) is 0.774. The first-order valence-electron chi connectivity index (χ1n) is 7.38. The summed E-state index contributed by atoms with van der Waals surface area (Å²) in [5.41, 5.74) is 2.79. The van der Waals surface area contributed by atoms with Gasteiger partial charge < -0.3 is 4.90 Å². The second-order valence-corrected chi connectivity index (χ2v) is 5.87. The standard InChI is InChI=1S/C14H23N3.C2H6/c1-12-9-13(11-15-10-12)16-5-7-17(8-6-16)14(2,3)4;1-2/h9-11H,5-8H2,1-4H3;1-2H3. The number of pyridine rings is 1. The monoisotopic (exact) mass is 263 g/mol. The van der Waals surface area contributed by atoms with E-state index in [2.05, 4.69) is 48.5 Å². The molecule has 0 amide bonds. The molecule has 1 aliphatic heterocycles. The number of piperazine rings is 1. The number of rotatable bonds is 1. The second kappa shape index (κ2) is 6.90. The van der Waals surface area contributed by atoms with Gasteiger partial charge in [-0.1, -0.05) is 13.8 Å². The molecular weight excluding hydrogens is 234 g/mol. The van der Waals surface area contributed by atoms with Gasteiger partial charge in [0.2, 0.25) is 0 Å². The predicted molar refractivity (Wildman–Crippen MR) is 83.9 cm³/mol. The van der Waals surface area contributed by atoms with E-state index < -0.39 is 0 Å². The smallest absolute Gasteiger partial charge is 0.0556 e. The van der Waals surface area contributed by atoms with Gasteiger partial charge in [0.25, 0.3) is 0 Å². The molecule has 2 heterocycles. The molecule has 1 aromatic heterocycles. The molecule has 3 heteroatoms. The minimum Gasteiger partial charge on any atom is -0.368 e. The van der Waals surface area contributed by atoms with Gasteiger partial charge in [-0.2, -0.15) is 0 Å². The van der Waals surface area contributed by atoms with Crippen LogP contribution >= 0.6 is 0 Å². The largest absolute Gasteiger partial charge is 0.368 e. The van der Waals surface area contributed by atoms with Gasteiger partial charge in [-0.3, -0.25) is 9.88 Å².